The lowest BCUT2D eigenvalue weighted by Crippen LogP contribution is -2.13. The van der Waals surface area contributed by atoms with E-state index in [-0.39, 0.29) is 11.3 Å². The van der Waals surface area contributed by atoms with Crippen molar-refractivity contribution in [2.24, 2.45) is 0 Å². The van der Waals surface area contributed by atoms with Gasteiger partial charge in [0.2, 0.25) is 0 Å². The quantitative estimate of drug-likeness (QED) is 0.636. The first-order valence-corrected chi connectivity index (χ1v) is 8.07. The maximum atomic E-state index is 13.6. The normalized spacial score (nSPS) is 10.2. The minimum absolute atomic E-state index is 0.000243. The smallest absolute Gasteiger partial charge is 0.258 e. The number of rotatable bonds is 5. The first-order chi connectivity index (χ1) is 12.5. The fourth-order valence-electron chi connectivity index (χ4n) is 2.44. The standard InChI is InChI=1S/C21H17FN2O2/c1-14(25)15-6-8-16(9-7-15)23-17-10-12-18(13-11-17)24-21(26)19-4-2-3-5-20(19)22/h2-13,23H,1H3,(H,24,26). The van der Waals surface area contributed by atoms with Gasteiger partial charge in [-0.05, 0) is 67.6 Å². The molecule has 0 fully saturated rings. The van der Waals surface area contributed by atoms with Crippen LogP contribution in [0, 0.1) is 5.82 Å². The lowest BCUT2D eigenvalue weighted by atomic mass is 10.1. The summed E-state index contributed by atoms with van der Waals surface area (Å²) in [5.41, 5.74) is 2.89. The fourth-order valence-corrected chi connectivity index (χ4v) is 2.44. The van der Waals surface area contributed by atoms with Gasteiger partial charge in [0.25, 0.3) is 5.91 Å². The highest BCUT2D eigenvalue weighted by Crippen LogP contribution is 2.20. The Bertz CT molecular complexity index is 935. The summed E-state index contributed by atoms with van der Waals surface area (Å²) in [4.78, 5) is 23.4. The van der Waals surface area contributed by atoms with E-state index in [1.807, 2.05) is 12.1 Å². The number of Topliss-reactive ketones (excluding diaryl/α,β-unsaturated/α-hetero) is 1. The minimum atomic E-state index is -0.558. The van der Waals surface area contributed by atoms with Gasteiger partial charge in [0.15, 0.2) is 5.78 Å². The average molecular weight is 348 g/mol. The van der Waals surface area contributed by atoms with Crippen molar-refractivity contribution in [2.45, 2.75) is 6.92 Å². The molecular formula is C21H17FN2O2. The van der Waals surface area contributed by atoms with E-state index in [4.69, 9.17) is 0 Å². The zero-order valence-electron chi connectivity index (χ0n) is 14.1. The maximum absolute atomic E-state index is 13.6. The summed E-state index contributed by atoms with van der Waals surface area (Å²) in [6.45, 7) is 1.52. The van der Waals surface area contributed by atoms with Crippen molar-refractivity contribution in [1.82, 2.24) is 0 Å². The van der Waals surface area contributed by atoms with Crippen LogP contribution in [-0.4, -0.2) is 11.7 Å². The molecule has 4 nitrogen and oxygen atoms in total. The number of benzene rings is 3. The molecule has 3 aromatic carbocycles. The number of hydrogen-bond acceptors (Lipinski definition) is 3. The molecule has 0 saturated heterocycles. The van der Waals surface area contributed by atoms with Crippen molar-refractivity contribution < 1.29 is 14.0 Å². The van der Waals surface area contributed by atoms with Crippen LogP contribution < -0.4 is 10.6 Å². The minimum Gasteiger partial charge on any atom is -0.356 e. The van der Waals surface area contributed by atoms with Crippen LogP contribution in [0.4, 0.5) is 21.5 Å². The van der Waals surface area contributed by atoms with Crippen LogP contribution in [0.5, 0.6) is 0 Å². The Kier molecular flexibility index (Phi) is 5.08. The van der Waals surface area contributed by atoms with Gasteiger partial charge in [-0.25, -0.2) is 4.39 Å². The molecular weight excluding hydrogens is 331 g/mol. The molecule has 0 aliphatic heterocycles. The summed E-state index contributed by atoms with van der Waals surface area (Å²) in [6.07, 6.45) is 0. The Morgan fingerprint density at radius 3 is 1.88 bits per heavy atom. The summed E-state index contributed by atoms with van der Waals surface area (Å²) in [7, 11) is 0. The van der Waals surface area contributed by atoms with E-state index in [0.717, 1.165) is 11.4 Å². The lowest BCUT2D eigenvalue weighted by molar-refractivity contribution is 0.101. The van der Waals surface area contributed by atoms with Gasteiger partial charge in [0.05, 0.1) is 5.56 Å². The van der Waals surface area contributed by atoms with Gasteiger partial charge in [-0.3, -0.25) is 9.59 Å². The molecule has 2 N–H and O–H groups in total. The molecule has 0 aliphatic carbocycles. The number of carbonyl (C=O) groups is 2. The van der Waals surface area contributed by atoms with Gasteiger partial charge in [0, 0.05) is 22.6 Å². The van der Waals surface area contributed by atoms with Crippen molar-refractivity contribution in [2.75, 3.05) is 10.6 Å². The molecule has 0 bridgehead atoms. The highest BCUT2D eigenvalue weighted by atomic mass is 19.1. The highest BCUT2D eigenvalue weighted by molar-refractivity contribution is 6.04. The van der Waals surface area contributed by atoms with Gasteiger partial charge in [-0.1, -0.05) is 12.1 Å². The molecule has 5 heteroatoms. The molecule has 0 aromatic heterocycles. The first-order valence-electron chi connectivity index (χ1n) is 8.07. The molecule has 0 atom stereocenters. The molecule has 0 aliphatic rings. The molecule has 1 amide bonds. The average Bonchev–Trinajstić information content (AvgIpc) is 2.64. The number of hydrogen-bond donors (Lipinski definition) is 2. The van der Waals surface area contributed by atoms with Crippen LogP contribution >= 0.6 is 0 Å². The molecule has 0 heterocycles. The Hall–Kier alpha value is -3.47. The monoisotopic (exact) mass is 348 g/mol. The van der Waals surface area contributed by atoms with Gasteiger partial charge >= 0.3 is 0 Å². The second-order valence-corrected chi connectivity index (χ2v) is 5.77. The molecule has 3 aromatic rings. The van der Waals surface area contributed by atoms with Crippen LogP contribution in [0.3, 0.4) is 0 Å². The third kappa shape index (κ3) is 4.13. The maximum Gasteiger partial charge on any atom is 0.258 e. The third-order valence-electron chi connectivity index (χ3n) is 3.84. The topological polar surface area (TPSA) is 58.2 Å². The number of anilines is 3. The predicted octanol–water partition coefficient (Wildman–Crippen LogP) is 5.02. The Morgan fingerprint density at radius 2 is 1.31 bits per heavy atom. The Labute approximate surface area is 150 Å². The van der Waals surface area contributed by atoms with Crippen molar-refractivity contribution in [3.8, 4) is 0 Å². The Balaban J connectivity index is 1.66. The molecule has 0 spiro atoms. The van der Waals surface area contributed by atoms with Crippen molar-refractivity contribution in [3.05, 3.63) is 89.7 Å². The van der Waals surface area contributed by atoms with E-state index >= 15 is 0 Å². The van der Waals surface area contributed by atoms with E-state index < -0.39 is 11.7 Å². The van der Waals surface area contributed by atoms with Gasteiger partial charge < -0.3 is 10.6 Å². The summed E-state index contributed by atoms with van der Waals surface area (Å²) in [5, 5.41) is 5.87. The summed E-state index contributed by atoms with van der Waals surface area (Å²) in [6, 6.07) is 20.1. The van der Waals surface area contributed by atoms with Crippen LogP contribution in [0.1, 0.15) is 27.6 Å². The summed E-state index contributed by atoms with van der Waals surface area (Å²) < 4.78 is 13.6. The van der Waals surface area contributed by atoms with Crippen LogP contribution in [0.2, 0.25) is 0 Å². The van der Waals surface area contributed by atoms with E-state index in [0.29, 0.717) is 11.3 Å². The number of ketones is 1. The third-order valence-corrected chi connectivity index (χ3v) is 3.84. The lowest BCUT2D eigenvalue weighted by Gasteiger charge is -2.09. The zero-order chi connectivity index (χ0) is 18.5. The number of amides is 1. The van der Waals surface area contributed by atoms with E-state index in [2.05, 4.69) is 10.6 Å². The molecule has 0 radical (unpaired) electrons. The predicted molar refractivity (Wildman–Crippen MR) is 101 cm³/mol. The molecule has 0 unspecified atom stereocenters. The van der Waals surface area contributed by atoms with Crippen LogP contribution in [-0.2, 0) is 0 Å². The largest absolute Gasteiger partial charge is 0.356 e. The molecule has 0 saturated carbocycles. The number of carbonyl (C=O) groups excluding carboxylic acids is 2. The van der Waals surface area contributed by atoms with Gasteiger partial charge in [-0.2, -0.15) is 0 Å². The number of nitrogens with one attached hydrogen (secondary N) is 2. The Morgan fingerprint density at radius 1 is 0.769 bits per heavy atom. The fraction of sp³-hybridized carbons (Fsp3) is 0.0476. The van der Waals surface area contributed by atoms with Gasteiger partial charge in [-0.15, -0.1) is 0 Å². The van der Waals surface area contributed by atoms with E-state index in [1.165, 1.54) is 25.1 Å². The molecule has 130 valence electrons. The molecule has 3 rings (SSSR count). The van der Waals surface area contributed by atoms with Gasteiger partial charge in [0.1, 0.15) is 5.82 Å². The van der Waals surface area contributed by atoms with Crippen molar-refractivity contribution in [3.63, 3.8) is 0 Å². The second kappa shape index (κ2) is 7.61. The second-order valence-electron chi connectivity index (χ2n) is 5.77. The zero-order valence-corrected chi connectivity index (χ0v) is 14.1. The summed E-state index contributed by atoms with van der Waals surface area (Å²) >= 11 is 0. The van der Waals surface area contributed by atoms with E-state index in [1.54, 1.807) is 42.5 Å². The SMILES string of the molecule is CC(=O)c1ccc(Nc2ccc(NC(=O)c3ccccc3F)cc2)cc1. The summed E-state index contributed by atoms with van der Waals surface area (Å²) in [5.74, 6) is -1.03. The van der Waals surface area contributed by atoms with Crippen LogP contribution in [0.25, 0.3) is 0 Å². The highest BCUT2D eigenvalue weighted by Gasteiger charge is 2.10. The first kappa shape index (κ1) is 17.4. The van der Waals surface area contributed by atoms with Crippen LogP contribution in [0.15, 0.2) is 72.8 Å². The van der Waals surface area contributed by atoms with E-state index in [9.17, 15) is 14.0 Å². The number of halogens is 1. The van der Waals surface area contributed by atoms with Crippen molar-refractivity contribution >= 4 is 28.8 Å². The molecule has 26 heavy (non-hydrogen) atoms. The van der Waals surface area contributed by atoms with Crippen molar-refractivity contribution in [1.29, 1.82) is 0 Å².